The fraction of sp³-hybridized carbons (Fsp3) is 0.462. The lowest BCUT2D eigenvalue weighted by Crippen LogP contribution is -2.27. The Balaban J connectivity index is 1.83. The molecule has 1 aliphatic carbocycles. The number of rotatable bonds is 4. The second-order valence-electron chi connectivity index (χ2n) is 4.51. The van der Waals surface area contributed by atoms with E-state index in [1.54, 1.807) is 12.1 Å². The van der Waals surface area contributed by atoms with Crippen LogP contribution in [0.3, 0.4) is 0 Å². The molecule has 4 heteroatoms. The second kappa shape index (κ2) is 5.71. The van der Waals surface area contributed by atoms with E-state index in [0.29, 0.717) is 5.56 Å². The number of carbonyl (C=O) groups is 1. The van der Waals surface area contributed by atoms with Crippen molar-refractivity contribution >= 4 is 28.5 Å². The van der Waals surface area contributed by atoms with Gasteiger partial charge in [-0.05, 0) is 53.1 Å². The molecular formula is C13H16INO2. The molecule has 2 N–H and O–H groups in total. The van der Waals surface area contributed by atoms with Crippen molar-refractivity contribution in [2.75, 3.05) is 6.54 Å². The molecule has 1 aliphatic rings. The van der Waals surface area contributed by atoms with E-state index in [2.05, 4.69) is 5.32 Å². The van der Waals surface area contributed by atoms with Crippen LogP contribution in [0.4, 0.5) is 0 Å². The van der Waals surface area contributed by atoms with Crippen molar-refractivity contribution in [2.24, 2.45) is 5.92 Å². The van der Waals surface area contributed by atoms with Crippen LogP contribution < -0.4 is 5.32 Å². The van der Waals surface area contributed by atoms with Crippen molar-refractivity contribution in [3.8, 4) is 5.75 Å². The summed E-state index contributed by atoms with van der Waals surface area (Å²) in [4.78, 5) is 11.8. The molecule has 0 radical (unpaired) electrons. The fourth-order valence-electron chi connectivity index (χ4n) is 1.93. The van der Waals surface area contributed by atoms with Crippen molar-refractivity contribution < 1.29 is 9.90 Å². The summed E-state index contributed by atoms with van der Waals surface area (Å²) in [5.41, 5.74) is 0.525. The number of aromatic hydroxyl groups is 1. The van der Waals surface area contributed by atoms with Gasteiger partial charge >= 0.3 is 0 Å². The van der Waals surface area contributed by atoms with Crippen LogP contribution in [-0.4, -0.2) is 17.6 Å². The normalized spacial score (nSPS) is 15.4. The molecule has 2 rings (SSSR count). The lowest BCUT2D eigenvalue weighted by atomic mass is 9.83. The number of amides is 1. The highest BCUT2D eigenvalue weighted by Gasteiger charge is 2.17. The highest BCUT2D eigenvalue weighted by Crippen LogP contribution is 2.28. The van der Waals surface area contributed by atoms with E-state index in [-0.39, 0.29) is 11.7 Å². The molecule has 0 atom stereocenters. The maximum Gasteiger partial charge on any atom is 0.251 e. The summed E-state index contributed by atoms with van der Waals surface area (Å²) < 4.78 is 0.758. The zero-order chi connectivity index (χ0) is 12.3. The van der Waals surface area contributed by atoms with Crippen LogP contribution in [0.15, 0.2) is 18.2 Å². The van der Waals surface area contributed by atoms with Crippen molar-refractivity contribution in [3.05, 3.63) is 27.3 Å². The highest BCUT2D eigenvalue weighted by atomic mass is 127. The summed E-state index contributed by atoms with van der Waals surface area (Å²) in [6, 6.07) is 5.00. The average molecular weight is 345 g/mol. The van der Waals surface area contributed by atoms with E-state index in [4.69, 9.17) is 0 Å². The fourth-order valence-corrected chi connectivity index (χ4v) is 2.26. The first-order chi connectivity index (χ1) is 8.16. The zero-order valence-electron chi connectivity index (χ0n) is 9.58. The molecule has 0 bridgehead atoms. The predicted molar refractivity (Wildman–Crippen MR) is 75.1 cm³/mol. The van der Waals surface area contributed by atoms with Gasteiger partial charge in [-0.1, -0.05) is 19.3 Å². The number of hydrogen-bond acceptors (Lipinski definition) is 2. The summed E-state index contributed by atoms with van der Waals surface area (Å²) in [5.74, 6) is 0.869. The number of phenolic OH excluding ortho intramolecular Hbond substituents is 1. The SMILES string of the molecule is O=C(NCCC1CCC1)c1ccc(I)c(O)c1. The first-order valence-electron chi connectivity index (χ1n) is 5.93. The van der Waals surface area contributed by atoms with Crippen LogP contribution >= 0.6 is 22.6 Å². The third-order valence-electron chi connectivity index (χ3n) is 3.27. The topological polar surface area (TPSA) is 49.3 Å². The minimum absolute atomic E-state index is 0.101. The van der Waals surface area contributed by atoms with E-state index in [1.807, 2.05) is 22.6 Å². The van der Waals surface area contributed by atoms with Crippen LogP contribution in [0.1, 0.15) is 36.0 Å². The summed E-state index contributed by atoms with van der Waals surface area (Å²) in [5, 5.41) is 12.4. The Labute approximate surface area is 115 Å². The van der Waals surface area contributed by atoms with E-state index < -0.39 is 0 Å². The van der Waals surface area contributed by atoms with Gasteiger partial charge in [0.25, 0.3) is 5.91 Å². The molecule has 1 amide bonds. The maximum absolute atomic E-state index is 11.8. The van der Waals surface area contributed by atoms with Crippen molar-refractivity contribution in [2.45, 2.75) is 25.7 Å². The van der Waals surface area contributed by atoms with Crippen molar-refractivity contribution in [1.29, 1.82) is 0 Å². The molecule has 92 valence electrons. The third-order valence-corrected chi connectivity index (χ3v) is 4.18. The lowest BCUT2D eigenvalue weighted by Gasteiger charge is -2.25. The van der Waals surface area contributed by atoms with Gasteiger partial charge in [-0.25, -0.2) is 0 Å². The summed E-state index contributed by atoms with van der Waals surface area (Å²) in [7, 11) is 0. The lowest BCUT2D eigenvalue weighted by molar-refractivity contribution is 0.0948. The van der Waals surface area contributed by atoms with Crippen LogP contribution in [0.2, 0.25) is 0 Å². The largest absolute Gasteiger partial charge is 0.507 e. The second-order valence-corrected chi connectivity index (χ2v) is 5.67. The van der Waals surface area contributed by atoms with Gasteiger partial charge in [0.15, 0.2) is 0 Å². The van der Waals surface area contributed by atoms with Crippen molar-refractivity contribution in [3.63, 3.8) is 0 Å². The Bertz CT molecular complexity index is 416. The molecule has 1 aromatic rings. The molecule has 17 heavy (non-hydrogen) atoms. The zero-order valence-corrected chi connectivity index (χ0v) is 11.7. The quantitative estimate of drug-likeness (QED) is 0.825. The van der Waals surface area contributed by atoms with Gasteiger partial charge in [-0.2, -0.15) is 0 Å². The first kappa shape index (κ1) is 12.7. The number of phenols is 1. The van der Waals surface area contributed by atoms with Crippen LogP contribution in [0, 0.1) is 9.49 Å². The summed E-state index contributed by atoms with van der Waals surface area (Å²) >= 11 is 2.03. The average Bonchev–Trinajstić information content (AvgIpc) is 2.25. The van der Waals surface area contributed by atoms with Crippen molar-refractivity contribution in [1.82, 2.24) is 5.32 Å². The number of hydrogen-bond donors (Lipinski definition) is 2. The van der Waals surface area contributed by atoms with Gasteiger partial charge in [0.1, 0.15) is 5.75 Å². The Morgan fingerprint density at radius 3 is 2.82 bits per heavy atom. The molecule has 3 nitrogen and oxygen atoms in total. The van der Waals surface area contributed by atoms with Gasteiger partial charge in [0.2, 0.25) is 0 Å². The van der Waals surface area contributed by atoms with E-state index in [9.17, 15) is 9.90 Å². The van der Waals surface area contributed by atoms with E-state index in [0.717, 1.165) is 22.5 Å². The Morgan fingerprint density at radius 1 is 1.47 bits per heavy atom. The summed E-state index contributed by atoms with van der Waals surface area (Å²) in [6.07, 6.45) is 5.02. The number of carbonyl (C=O) groups excluding carboxylic acids is 1. The maximum atomic E-state index is 11.8. The molecule has 1 saturated carbocycles. The summed E-state index contributed by atoms with van der Waals surface area (Å²) in [6.45, 7) is 0.732. The van der Waals surface area contributed by atoms with Gasteiger partial charge < -0.3 is 10.4 Å². The molecule has 1 aromatic carbocycles. The molecule has 0 aromatic heterocycles. The predicted octanol–water partition coefficient (Wildman–Crippen LogP) is 2.92. The molecule has 1 fully saturated rings. The number of halogens is 1. The molecule has 0 heterocycles. The number of benzene rings is 1. The first-order valence-corrected chi connectivity index (χ1v) is 7.01. The minimum atomic E-state index is -0.101. The Kier molecular flexibility index (Phi) is 4.25. The minimum Gasteiger partial charge on any atom is -0.507 e. The molecule has 0 aliphatic heterocycles. The van der Waals surface area contributed by atoms with Crippen LogP contribution in [0.25, 0.3) is 0 Å². The molecular weight excluding hydrogens is 329 g/mol. The molecule has 0 saturated heterocycles. The smallest absolute Gasteiger partial charge is 0.251 e. The molecule has 0 unspecified atom stereocenters. The third kappa shape index (κ3) is 3.34. The highest BCUT2D eigenvalue weighted by molar-refractivity contribution is 14.1. The standard InChI is InChI=1S/C13H16INO2/c14-11-5-4-10(8-12(11)16)13(17)15-7-6-9-2-1-3-9/h4-5,8-9,16H,1-3,6-7H2,(H,15,17). The Hall–Kier alpha value is -0.780. The van der Waals surface area contributed by atoms with E-state index >= 15 is 0 Å². The van der Waals surface area contributed by atoms with Gasteiger partial charge in [0, 0.05) is 12.1 Å². The van der Waals surface area contributed by atoms with Crippen LogP contribution in [0.5, 0.6) is 5.75 Å². The van der Waals surface area contributed by atoms with Gasteiger partial charge in [-0.3, -0.25) is 4.79 Å². The molecule has 0 spiro atoms. The van der Waals surface area contributed by atoms with Gasteiger partial charge in [-0.15, -0.1) is 0 Å². The van der Waals surface area contributed by atoms with Gasteiger partial charge in [0.05, 0.1) is 3.57 Å². The monoisotopic (exact) mass is 345 g/mol. The number of nitrogens with one attached hydrogen (secondary N) is 1. The Morgan fingerprint density at radius 2 is 2.24 bits per heavy atom. The van der Waals surface area contributed by atoms with Crippen LogP contribution in [-0.2, 0) is 0 Å². The van der Waals surface area contributed by atoms with E-state index in [1.165, 1.54) is 25.3 Å².